The third kappa shape index (κ3) is 3.95. The SMILES string of the molecule is CC1CC(C(=O)O)CN(C(=O)NC2CCN(C)C2c2ccccc2)C1. The molecule has 0 bridgehead atoms. The summed E-state index contributed by atoms with van der Waals surface area (Å²) in [5.74, 6) is -1.07. The number of carbonyl (C=O) groups is 2. The first-order chi connectivity index (χ1) is 12.0. The molecule has 2 aliphatic rings. The number of amides is 2. The number of likely N-dealkylation sites (N-methyl/N-ethyl adjacent to an activating group) is 1. The average molecular weight is 345 g/mol. The van der Waals surface area contributed by atoms with Crippen molar-refractivity contribution in [2.75, 3.05) is 26.7 Å². The van der Waals surface area contributed by atoms with Gasteiger partial charge in [0.1, 0.15) is 0 Å². The summed E-state index contributed by atoms with van der Waals surface area (Å²) in [5, 5.41) is 12.5. The summed E-state index contributed by atoms with van der Waals surface area (Å²) in [4.78, 5) is 28.0. The van der Waals surface area contributed by atoms with Gasteiger partial charge in [-0.2, -0.15) is 0 Å². The fourth-order valence-electron chi connectivity index (χ4n) is 4.18. The molecule has 0 radical (unpaired) electrons. The number of carbonyl (C=O) groups excluding carboxylic acids is 1. The van der Waals surface area contributed by atoms with Gasteiger partial charge in [0.05, 0.1) is 18.0 Å². The lowest BCUT2D eigenvalue weighted by atomic mass is 9.90. The first-order valence-electron chi connectivity index (χ1n) is 8.99. The zero-order chi connectivity index (χ0) is 18.0. The van der Waals surface area contributed by atoms with Crippen LogP contribution in [0.1, 0.15) is 31.4 Å². The molecule has 2 fully saturated rings. The maximum Gasteiger partial charge on any atom is 0.317 e. The quantitative estimate of drug-likeness (QED) is 0.881. The van der Waals surface area contributed by atoms with Gasteiger partial charge < -0.3 is 15.3 Å². The molecule has 2 saturated heterocycles. The van der Waals surface area contributed by atoms with Gasteiger partial charge >= 0.3 is 12.0 Å². The van der Waals surface area contributed by atoms with E-state index in [0.717, 1.165) is 13.0 Å². The number of benzene rings is 1. The van der Waals surface area contributed by atoms with Gasteiger partial charge in [0.25, 0.3) is 0 Å². The van der Waals surface area contributed by atoms with Crippen LogP contribution in [0.15, 0.2) is 30.3 Å². The predicted molar refractivity (Wildman–Crippen MR) is 95.2 cm³/mol. The van der Waals surface area contributed by atoms with E-state index in [-0.39, 0.29) is 24.0 Å². The number of urea groups is 1. The zero-order valence-corrected chi connectivity index (χ0v) is 14.9. The van der Waals surface area contributed by atoms with E-state index in [1.165, 1.54) is 5.56 Å². The Morgan fingerprint density at radius 3 is 2.60 bits per heavy atom. The first kappa shape index (κ1) is 17.7. The number of carboxylic acids is 1. The smallest absolute Gasteiger partial charge is 0.317 e. The Hall–Kier alpha value is -2.08. The molecule has 2 N–H and O–H groups in total. The van der Waals surface area contributed by atoms with Crippen LogP contribution in [0.25, 0.3) is 0 Å². The lowest BCUT2D eigenvalue weighted by Crippen LogP contribution is -2.52. The Morgan fingerprint density at radius 1 is 1.20 bits per heavy atom. The Morgan fingerprint density at radius 2 is 1.92 bits per heavy atom. The summed E-state index contributed by atoms with van der Waals surface area (Å²) in [6, 6.07) is 10.3. The zero-order valence-electron chi connectivity index (χ0n) is 14.9. The summed E-state index contributed by atoms with van der Waals surface area (Å²) in [7, 11) is 2.08. The summed E-state index contributed by atoms with van der Waals surface area (Å²) >= 11 is 0. The topological polar surface area (TPSA) is 72.9 Å². The first-order valence-corrected chi connectivity index (χ1v) is 8.99. The second-order valence-corrected chi connectivity index (χ2v) is 7.46. The van der Waals surface area contributed by atoms with Crippen molar-refractivity contribution in [3.8, 4) is 0 Å². The third-order valence-electron chi connectivity index (χ3n) is 5.39. The second kappa shape index (κ2) is 7.44. The molecular weight excluding hydrogens is 318 g/mol. The fraction of sp³-hybridized carbons (Fsp3) is 0.579. The molecule has 0 saturated carbocycles. The summed E-state index contributed by atoms with van der Waals surface area (Å²) in [6.45, 7) is 3.85. The van der Waals surface area contributed by atoms with Crippen LogP contribution in [0.5, 0.6) is 0 Å². The molecular formula is C19H27N3O3. The normalized spacial score (nSPS) is 30.2. The van der Waals surface area contributed by atoms with E-state index in [1.54, 1.807) is 4.90 Å². The molecule has 6 heteroatoms. The Labute approximate surface area is 148 Å². The van der Waals surface area contributed by atoms with Gasteiger partial charge in [-0.05, 0) is 31.4 Å². The number of nitrogens with one attached hydrogen (secondary N) is 1. The van der Waals surface area contributed by atoms with Gasteiger partial charge in [-0.1, -0.05) is 37.3 Å². The van der Waals surface area contributed by atoms with Crippen LogP contribution < -0.4 is 5.32 Å². The molecule has 25 heavy (non-hydrogen) atoms. The van der Waals surface area contributed by atoms with Crippen LogP contribution in [-0.2, 0) is 4.79 Å². The monoisotopic (exact) mass is 345 g/mol. The van der Waals surface area contributed by atoms with E-state index >= 15 is 0 Å². The predicted octanol–water partition coefficient (Wildman–Crippen LogP) is 2.18. The number of likely N-dealkylation sites (tertiary alicyclic amines) is 2. The third-order valence-corrected chi connectivity index (χ3v) is 5.39. The van der Waals surface area contributed by atoms with Crippen molar-refractivity contribution >= 4 is 12.0 Å². The van der Waals surface area contributed by atoms with Crippen LogP contribution >= 0.6 is 0 Å². The minimum atomic E-state index is -0.813. The molecule has 2 aliphatic heterocycles. The molecule has 3 rings (SSSR count). The van der Waals surface area contributed by atoms with E-state index in [9.17, 15) is 14.7 Å². The van der Waals surface area contributed by atoms with Crippen LogP contribution in [-0.4, -0.2) is 59.6 Å². The van der Waals surface area contributed by atoms with Crippen LogP contribution in [0.4, 0.5) is 4.79 Å². The van der Waals surface area contributed by atoms with E-state index in [0.29, 0.717) is 19.5 Å². The Balaban J connectivity index is 1.68. The second-order valence-electron chi connectivity index (χ2n) is 7.46. The van der Waals surface area contributed by atoms with Crippen LogP contribution in [0, 0.1) is 11.8 Å². The molecule has 0 aromatic heterocycles. The average Bonchev–Trinajstić information content (AvgIpc) is 2.95. The van der Waals surface area contributed by atoms with Crippen molar-refractivity contribution in [1.82, 2.24) is 15.1 Å². The Kier molecular flexibility index (Phi) is 5.27. The summed E-state index contributed by atoms with van der Waals surface area (Å²) in [5.41, 5.74) is 1.20. The molecule has 2 amide bonds. The van der Waals surface area contributed by atoms with E-state index < -0.39 is 11.9 Å². The van der Waals surface area contributed by atoms with Crippen LogP contribution in [0.2, 0.25) is 0 Å². The summed E-state index contributed by atoms with van der Waals surface area (Å²) in [6.07, 6.45) is 1.53. The van der Waals surface area contributed by atoms with Gasteiger partial charge in [0, 0.05) is 19.6 Å². The largest absolute Gasteiger partial charge is 0.481 e. The van der Waals surface area contributed by atoms with Gasteiger partial charge in [-0.25, -0.2) is 4.79 Å². The fourth-order valence-corrected chi connectivity index (χ4v) is 4.18. The number of carboxylic acid groups (broad SMARTS) is 1. The molecule has 4 atom stereocenters. The maximum absolute atomic E-state index is 12.8. The highest BCUT2D eigenvalue weighted by atomic mass is 16.4. The lowest BCUT2D eigenvalue weighted by Gasteiger charge is -2.36. The van der Waals surface area contributed by atoms with Crippen molar-refractivity contribution in [2.45, 2.75) is 31.8 Å². The highest BCUT2D eigenvalue weighted by Gasteiger charge is 2.37. The van der Waals surface area contributed by atoms with Crippen molar-refractivity contribution in [2.24, 2.45) is 11.8 Å². The highest BCUT2D eigenvalue weighted by Crippen LogP contribution is 2.31. The molecule has 6 nitrogen and oxygen atoms in total. The molecule has 2 heterocycles. The molecule has 1 aromatic rings. The molecule has 0 spiro atoms. The molecule has 4 unspecified atom stereocenters. The maximum atomic E-state index is 12.8. The minimum Gasteiger partial charge on any atom is -0.481 e. The van der Waals surface area contributed by atoms with Crippen molar-refractivity contribution in [3.63, 3.8) is 0 Å². The number of hydrogen-bond acceptors (Lipinski definition) is 3. The Bertz CT molecular complexity index is 622. The lowest BCUT2D eigenvalue weighted by molar-refractivity contribution is -0.143. The number of aliphatic carboxylic acids is 1. The van der Waals surface area contributed by atoms with Gasteiger partial charge in [0.2, 0.25) is 0 Å². The molecule has 1 aromatic carbocycles. The van der Waals surface area contributed by atoms with Crippen molar-refractivity contribution < 1.29 is 14.7 Å². The van der Waals surface area contributed by atoms with Gasteiger partial charge in [0.15, 0.2) is 0 Å². The summed E-state index contributed by atoms with van der Waals surface area (Å²) < 4.78 is 0. The number of hydrogen-bond donors (Lipinski definition) is 2. The molecule has 136 valence electrons. The van der Waals surface area contributed by atoms with Crippen molar-refractivity contribution in [3.05, 3.63) is 35.9 Å². The van der Waals surface area contributed by atoms with E-state index in [2.05, 4.69) is 29.4 Å². The minimum absolute atomic E-state index is 0.0420. The van der Waals surface area contributed by atoms with E-state index in [4.69, 9.17) is 0 Å². The highest BCUT2D eigenvalue weighted by molar-refractivity contribution is 5.77. The molecule has 0 aliphatic carbocycles. The standard InChI is InChI=1S/C19H27N3O3/c1-13-10-15(18(23)24)12-22(11-13)19(25)20-16-8-9-21(2)17(16)14-6-4-3-5-7-14/h3-7,13,15-17H,8-12H2,1-2H3,(H,20,25)(H,23,24). The van der Waals surface area contributed by atoms with E-state index in [1.807, 2.05) is 25.1 Å². The number of nitrogens with zero attached hydrogens (tertiary/aromatic N) is 2. The van der Waals surface area contributed by atoms with Crippen LogP contribution in [0.3, 0.4) is 0 Å². The van der Waals surface area contributed by atoms with Crippen molar-refractivity contribution in [1.29, 1.82) is 0 Å². The van der Waals surface area contributed by atoms with Gasteiger partial charge in [-0.3, -0.25) is 9.69 Å². The number of rotatable bonds is 3. The number of piperidine rings is 1. The van der Waals surface area contributed by atoms with Gasteiger partial charge in [-0.15, -0.1) is 0 Å².